The van der Waals surface area contributed by atoms with Gasteiger partial charge in [0.1, 0.15) is 11.2 Å². The lowest BCUT2D eigenvalue weighted by molar-refractivity contribution is -0.129. The second-order valence-electron chi connectivity index (χ2n) is 4.97. The molecular formula is C13H20N4O2. The standard InChI is InChI=1S/C13H20N4O2/c1-4-16-9-6-10(15-16)11(18)17-8-5-7-13(17,2)12(19)14-3/h6,9H,4-5,7-8H2,1-3H3,(H,14,19). The molecule has 2 rings (SSSR count). The Balaban J connectivity index is 2.25. The van der Waals surface area contributed by atoms with Crippen molar-refractivity contribution in [2.24, 2.45) is 0 Å². The first-order chi connectivity index (χ1) is 9.02. The average Bonchev–Trinajstić information content (AvgIpc) is 3.04. The van der Waals surface area contributed by atoms with Crippen LogP contribution < -0.4 is 5.32 Å². The van der Waals surface area contributed by atoms with Crippen molar-refractivity contribution in [2.45, 2.75) is 38.8 Å². The van der Waals surface area contributed by atoms with Crippen molar-refractivity contribution in [3.05, 3.63) is 18.0 Å². The third-order valence-electron chi connectivity index (χ3n) is 3.79. The molecule has 2 amide bonds. The van der Waals surface area contributed by atoms with Gasteiger partial charge in [0.05, 0.1) is 0 Å². The fourth-order valence-electron chi connectivity index (χ4n) is 2.58. The zero-order valence-corrected chi connectivity index (χ0v) is 11.6. The van der Waals surface area contributed by atoms with Crippen molar-refractivity contribution in [3.8, 4) is 0 Å². The summed E-state index contributed by atoms with van der Waals surface area (Å²) in [6.45, 7) is 5.10. The molecule has 1 atom stereocenters. The van der Waals surface area contributed by atoms with Crippen LogP contribution >= 0.6 is 0 Å². The number of amides is 2. The summed E-state index contributed by atoms with van der Waals surface area (Å²) in [7, 11) is 1.60. The Kier molecular flexibility index (Phi) is 3.59. The van der Waals surface area contributed by atoms with Crippen LogP contribution in [0.3, 0.4) is 0 Å². The van der Waals surface area contributed by atoms with Crippen LogP contribution in [0.5, 0.6) is 0 Å². The Labute approximate surface area is 112 Å². The van der Waals surface area contributed by atoms with Gasteiger partial charge in [0.15, 0.2) is 0 Å². The zero-order chi connectivity index (χ0) is 14.0. The molecule has 6 heteroatoms. The summed E-state index contributed by atoms with van der Waals surface area (Å²) in [5, 5.41) is 6.86. The van der Waals surface area contributed by atoms with Gasteiger partial charge in [-0.25, -0.2) is 0 Å². The lowest BCUT2D eigenvalue weighted by Gasteiger charge is -2.32. The first-order valence-corrected chi connectivity index (χ1v) is 6.60. The number of carbonyl (C=O) groups excluding carboxylic acids is 2. The summed E-state index contributed by atoms with van der Waals surface area (Å²) in [6.07, 6.45) is 3.30. The minimum Gasteiger partial charge on any atom is -0.357 e. The summed E-state index contributed by atoms with van der Waals surface area (Å²) in [4.78, 5) is 26.1. The fourth-order valence-corrected chi connectivity index (χ4v) is 2.58. The number of likely N-dealkylation sites (tertiary alicyclic amines) is 1. The van der Waals surface area contributed by atoms with Crippen LogP contribution in [0.15, 0.2) is 12.3 Å². The van der Waals surface area contributed by atoms with E-state index in [4.69, 9.17) is 0 Å². The van der Waals surface area contributed by atoms with Crippen molar-refractivity contribution >= 4 is 11.8 Å². The number of rotatable bonds is 3. The van der Waals surface area contributed by atoms with E-state index in [1.54, 1.807) is 28.9 Å². The van der Waals surface area contributed by atoms with Gasteiger partial charge < -0.3 is 10.2 Å². The SMILES string of the molecule is CCn1ccc(C(=O)N2CCCC2(C)C(=O)NC)n1. The monoisotopic (exact) mass is 264 g/mol. The number of carbonyl (C=O) groups is 2. The number of nitrogens with one attached hydrogen (secondary N) is 1. The summed E-state index contributed by atoms with van der Waals surface area (Å²) in [5.74, 6) is -0.288. The van der Waals surface area contributed by atoms with Crippen LogP contribution in [-0.2, 0) is 11.3 Å². The minimum absolute atomic E-state index is 0.117. The molecule has 0 saturated carbocycles. The summed E-state index contributed by atoms with van der Waals surface area (Å²) in [5.41, 5.74) is -0.360. The van der Waals surface area contributed by atoms with Gasteiger partial charge in [-0.1, -0.05) is 0 Å². The highest BCUT2D eigenvalue weighted by Gasteiger charge is 2.45. The summed E-state index contributed by atoms with van der Waals surface area (Å²) >= 11 is 0. The molecule has 1 N–H and O–H groups in total. The molecular weight excluding hydrogens is 244 g/mol. The van der Waals surface area contributed by atoms with Gasteiger partial charge in [-0.05, 0) is 32.8 Å². The van der Waals surface area contributed by atoms with Crippen LogP contribution in [0, 0.1) is 0 Å². The van der Waals surface area contributed by atoms with E-state index in [1.807, 2.05) is 13.8 Å². The van der Waals surface area contributed by atoms with Crippen LogP contribution in [-0.4, -0.2) is 45.6 Å². The molecule has 0 aliphatic carbocycles. The van der Waals surface area contributed by atoms with Crippen molar-refractivity contribution < 1.29 is 9.59 Å². The topological polar surface area (TPSA) is 67.2 Å². The predicted molar refractivity (Wildman–Crippen MR) is 70.6 cm³/mol. The molecule has 19 heavy (non-hydrogen) atoms. The largest absolute Gasteiger partial charge is 0.357 e. The number of hydrogen-bond acceptors (Lipinski definition) is 3. The minimum atomic E-state index is -0.762. The quantitative estimate of drug-likeness (QED) is 0.871. The second-order valence-corrected chi connectivity index (χ2v) is 4.97. The highest BCUT2D eigenvalue weighted by molar-refractivity contribution is 5.98. The Morgan fingerprint density at radius 3 is 2.84 bits per heavy atom. The Bertz CT molecular complexity index is 497. The molecule has 2 heterocycles. The normalized spacial score (nSPS) is 22.6. The molecule has 1 aromatic rings. The first kappa shape index (κ1) is 13.6. The lowest BCUT2D eigenvalue weighted by atomic mass is 9.97. The molecule has 1 aliphatic heterocycles. The van der Waals surface area contributed by atoms with Gasteiger partial charge in [0.2, 0.25) is 5.91 Å². The van der Waals surface area contributed by atoms with E-state index in [2.05, 4.69) is 10.4 Å². The molecule has 0 aromatic carbocycles. The fraction of sp³-hybridized carbons (Fsp3) is 0.615. The molecule has 1 unspecified atom stereocenters. The maximum Gasteiger partial charge on any atom is 0.275 e. The Morgan fingerprint density at radius 2 is 2.26 bits per heavy atom. The van der Waals surface area contributed by atoms with Crippen LogP contribution in [0.4, 0.5) is 0 Å². The summed E-state index contributed by atoms with van der Waals surface area (Å²) < 4.78 is 1.71. The number of nitrogens with zero attached hydrogens (tertiary/aromatic N) is 3. The number of likely N-dealkylation sites (N-methyl/N-ethyl adjacent to an activating group) is 1. The molecule has 1 aliphatic rings. The van der Waals surface area contributed by atoms with E-state index in [0.29, 0.717) is 18.7 Å². The third-order valence-corrected chi connectivity index (χ3v) is 3.79. The first-order valence-electron chi connectivity index (χ1n) is 6.60. The van der Waals surface area contributed by atoms with E-state index in [0.717, 1.165) is 13.0 Å². The van der Waals surface area contributed by atoms with Crippen LogP contribution in [0.1, 0.15) is 37.2 Å². The highest BCUT2D eigenvalue weighted by Crippen LogP contribution is 2.30. The van der Waals surface area contributed by atoms with Crippen molar-refractivity contribution in [2.75, 3.05) is 13.6 Å². The van der Waals surface area contributed by atoms with Gasteiger partial charge in [-0.2, -0.15) is 5.10 Å². The van der Waals surface area contributed by atoms with Crippen LogP contribution in [0.25, 0.3) is 0 Å². The third kappa shape index (κ3) is 2.22. The Morgan fingerprint density at radius 1 is 1.53 bits per heavy atom. The zero-order valence-electron chi connectivity index (χ0n) is 11.6. The van der Waals surface area contributed by atoms with Gasteiger partial charge >= 0.3 is 0 Å². The maximum absolute atomic E-state index is 12.5. The molecule has 104 valence electrons. The highest BCUT2D eigenvalue weighted by atomic mass is 16.2. The van der Waals surface area contributed by atoms with Crippen LogP contribution in [0.2, 0.25) is 0 Å². The molecule has 1 aromatic heterocycles. The molecule has 6 nitrogen and oxygen atoms in total. The average molecular weight is 264 g/mol. The second kappa shape index (κ2) is 5.03. The number of aromatic nitrogens is 2. The number of aryl methyl sites for hydroxylation is 1. The smallest absolute Gasteiger partial charge is 0.275 e. The molecule has 0 spiro atoms. The maximum atomic E-state index is 12.5. The molecule has 1 saturated heterocycles. The van der Waals surface area contributed by atoms with Crippen molar-refractivity contribution in [1.82, 2.24) is 20.0 Å². The van der Waals surface area contributed by atoms with E-state index < -0.39 is 5.54 Å². The van der Waals surface area contributed by atoms with Gasteiger partial charge in [0.25, 0.3) is 5.91 Å². The predicted octanol–water partition coefficient (Wildman–Crippen LogP) is 0.644. The van der Waals surface area contributed by atoms with Crippen molar-refractivity contribution in [1.29, 1.82) is 0 Å². The van der Waals surface area contributed by atoms with Gasteiger partial charge in [0, 0.05) is 26.3 Å². The van der Waals surface area contributed by atoms with Gasteiger partial charge in [-0.3, -0.25) is 14.3 Å². The van der Waals surface area contributed by atoms with E-state index >= 15 is 0 Å². The van der Waals surface area contributed by atoms with Gasteiger partial charge in [-0.15, -0.1) is 0 Å². The molecule has 0 radical (unpaired) electrons. The number of hydrogen-bond donors (Lipinski definition) is 1. The van der Waals surface area contributed by atoms with E-state index in [9.17, 15) is 9.59 Å². The van der Waals surface area contributed by atoms with Crippen molar-refractivity contribution in [3.63, 3.8) is 0 Å². The Hall–Kier alpha value is -1.85. The van der Waals surface area contributed by atoms with E-state index in [1.165, 1.54) is 0 Å². The molecule has 1 fully saturated rings. The summed E-state index contributed by atoms with van der Waals surface area (Å²) in [6, 6.07) is 1.70. The van der Waals surface area contributed by atoms with E-state index in [-0.39, 0.29) is 11.8 Å². The molecule has 0 bridgehead atoms. The lowest BCUT2D eigenvalue weighted by Crippen LogP contribution is -2.54.